The number of anilines is 1. The molecule has 18 heavy (non-hydrogen) atoms. The van der Waals surface area contributed by atoms with E-state index < -0.39 is 0 Å². The number of hydrogen-bond donors (Lipinski definition) is 2. The number of halogens is 1. The molecule has 0 amide bonds. The molecule has 0 spiro atoms. The molecule has 1 aromatic carbocycles. The summed E-state index contributed by atoms with van der Waals surface area (Å²) in [4.78, 5) is 0. The molecule has 0 aliphatic heterocycles. The van der Waals surface area contributed by atoms with E-state index in [4.69, 9.17) is 0 Å². The quantitative estimate of drug-likeness (QED) is 0.857. The van der Waals surface area contributed by atoms with Crippen molar-refractivity contribution in [3.63, 3.8) is 0 Å². The van der Waals surface area contributed by atoms with Crippen LogP contribution in [-0.2, 0) is 0 Å². The summed E-state index contributed by atoms with van der Waals surface area (Å²) in [7, 11) is 0. The van der Waals surface area contributed by atoms with Gasteiger partial charge in [0.05, 0.1) is 17.8 Å². The number of aliphatic hydroxyl groups excluding tert-OH is 1. The van der Waals surface area contributed by atoms with Crippen molar-refractivity contribution in [2.75, 3.05) is 11.9 Å². The maximum absolute atomic E-state index is 13.7. The van der Waals surface area contributed by atoms with Crippen molar-refractivity contribution in [2.24, 2.45) is 5.92 Å². The molecule has 1 fully saturated rings. The van der Waals surface area contributed by atoms with Gasteiger partial charge in [-0.05, 0) is 30.9 Å². The zero-order chi connectivity index (χ0) is 13.0. The van der Waals surface area contributed by atoms with Crippen LogP contribution in [0.2, 0.25) is 0 Å². The fraction of sp³-hybridized carbons (Fsp3) is 0.600. The van der Waals surface area contributed by atoms with E-state index in [1.165, 1.54) is 12.5 Å². The number of para-hydroxylation sites is 1. The summed E-state index contributed by atoms with van der Waals surface area (Å²) in [6.07, 6.45) is 5.34. The molecule has 1 saturated carbocycles. The first-order valence-corrected chi connectivity index (χ1v) is 6.85. The van der Waals surface area contributed by atoms with E-state index in [1.54, 1.807) is 12.1 Å². The second-order valence-electron chi connectivity index (χ2n) is 5.27. The Bertz CT molecular complexity index is 396. The Kier molecular flexibility index (Phi) is 4.23. The molecule has 0 bridgehead atoms. The highest BCUT2D eigenvalue weighted by molar-refractivity contribution is 5.47. The van der Waals surface area contributed by atoms with Crippen LogP contribution >= 0.6 is 0 Å². The molecule has 2 atom stereocenters. The lowest BCUT2D eigenvalue weighted by Crippen LogP contribution is -2.50. The second-order valence-corrected chi connectivity index (χ2v) is 5.27. The number of benzene rings is 1. The molecule has 1 aliphatic carbocycles. The highest BCUT2D eigenvalue weighted by Gasteiger charge is 2.39. The molecular weight excluding hydrogens is 229 g/mol. The van der Waals surface area contributed by atoms with Crippen LogP contribution in [-0.4, -0.2) is 17.3 Å². The second kappa shape index (κ2) is 5.70. The van der Waals surface area contributed by atoms with Crippen molar-refractivity contribution < 1.29 is 9.50 Å². The average Bonchev–Trinajstić information content (AvgIpc) is 2.42. The van der Waals surface area contributed by atoms with E-state index in [0.717, 1.165) is 25.7 Å². The van der Waals surface area contributed by atoms with Gasteiger partial charge >= 0.3 is 0 Å². The smallest absolute Gasteiger partial charge is 0.146 e. The van der Waals surface area contributed by atoms with Crippen molar-refractivity contribution in [1.29, 1.82) is 0 Å². The van der Waals surface area contributed by atoms with Gasteiger partial charge in [0.15, 0.2) is 0 Å². The maximum Gasteiger partial charge on any atom is 0.146 e. The van der Waals surface area contributed by atoms with Gasteiger partial charge in [0.25, 0.3) is 0 Å². The van der Waals surface area contributed by atoms with Gasteiger partial charge < -0.3 is 10.4 Å². The van der Waals surface area contributed by atoms with Gasteiger partial charge in [-0.3, -0.25) is 0 Å². The highest BCUT2D eigenvalue weighted by atomic mass is 19.1. The Labute approximate surface area is 108 Å². The van der Waals surface area contributed by atoms with E-state index in [0.29, 0.717) is 11.6 Å². The molecule has 2 nitrogen and oxygen atoms in total. The third-order valence-corrected chi connectivity index (χ3v) is 4.24. The predicted octanol–water partition coefficient (Wildman–Crippen LogP) is 3.57. The number of aliphatic hydroxyl groups is 1. The Morgan fingerprint density at radius 1 is 1.39 bits per heavy atom. The lowest BCUT2D eigenvalue weighted by molar-refractivity contribution is 0.114. The third-order valence-electron chi connectivity index (χ3n) is 4.24. The van der Waals surface area contributed by atoms with Crippen LogP contribution in [0.1, 0.15) is 39.0 Å². The van der Waals surface area contributed by atoms with Gasteiger partial charge in [-0.15, -0.1) is 0 Å². The van der Waals surface area contributed by atoms with Crippen LogP contribution in [0.25, 0.3) is 0 Å². The lowest BCUT2D eigenvalue weighted by atomic mass is 9.71. The standard InChI is InChI=1S/C15H22FNO/c1-2-12-7-5-6-10-15(12,11-18)17-14-9-4-3-8-13(14)16/h3-4,8-9,12,17-18H,2,5-7,10-11H2,1H3. The topological polar surface area (TPSA) is 32.3 Å². The average molecular weight is 251 g/mol. The van der Waals surface area contributed by atoms with Crippen molar-refractivity contribution in [3.8, 4) is 0 Å². The normalized spacial score (nSPS) is 28.1. The summed E-state index contributed by atoms with van der Waals surface area (Å²) >= 11 is 0. The third kappa shape index (κ3) is 2.51. The molecule has 2 rings (SSSR count). The molecule has 0 heterocycles. The Morgan fingerprint density at radius 3 is 2.83 bits per heavy atom. The summed E-state index contributed by atoms with van der Waals surface area (Å²) in [5.41, 5.74) is 0.154. The van der Waals surface area contributed by atoms with E-state index >= 15 is 0 Å². The summed E-state index contributed by atoms with van der Waals surface area (Å²) in [6.45, 7) is 2.21. The van der Waals surface area contributed by atoms with Gasteiger partial charge in [0.2, 0.25) is 0 Å². The van der Waals surface area contributed by atoms with Gasteiger partial charge in [-0.1, -0.05) is 38.3 Å². The summed E-state index contributed by atoms with van der Waals surface area (Å²) in [5, 5.41) is 13.1. The largest absolute Gasteiger partial charge is 0.394 e. The highest BCUT2D eigenvalue weighted by Crippen LogP contribution is 2.38. The van der Waals surface area contributed by atoms with Crippen molar-refractivity contribution in [2.45, 2.75) is 44.6 Å². The first-order valence-electron chi connectivity index (χ1n) is 6.85. The maximum atomic E-state index is 13.7. The zero-order valence-electron chi connectivity index (χ0n) is 11.0. The van der Waals surface area contributed by atoms with Gasteiger partial charge in [0.1, 0.15) is 5.82 Å². The van der Waals surface area contributed by atoms with Crippen LogP contribution in [0.5, 0.6) is 0 Å². The van der Waals surface area contributed by atoms with E-state index in [9.17, 15) is 9.50 Å². The van der Waals surface area contributed by atoms with E-state index in [-0.39, 0.29) is 18.0 Å². The molecule has 0 saturated heterocycles. The fourth-order valence-electron chi connectivity index (χ4n) is 3.15. The van der Waals surface area contributed by atoms with Crippen molar-refractivity contribution >= 4 is 5.69 Å². The first kappa shape index (κ1) is 13.3. The molecule has 2 N–H and O–H groups in total. The molecule has 3 heteroatoms. The van der Waals surface area contributed by atoms with Crippen LogP contribution in [0, 0.1) is 11.7 Å². The molecule has 0 radical (unpaired) electrons. The van der Waals surface area contributed by atoms with E-state index in [1.807, 2.05) is 6.07 Å². The van der Waals surface area contributed by atoms with Crippen LogP contribution in [0.4, 0.5) is 10.1 Å². The first-order chi connectivity index (χ1) is 8.72. The Hall–Kier alpha value is -1.09. The van der Waals surface area contributed by atoms with E-state index in [2.05, 4.69) is 12.2 Å². The minimum Gasteiger partial charge on any atom is -0.394 e. The number of rotatable bonds is 4. The van der Waals surface area contributed by atoms with Crippen LogP contribution in [0.3, 0.4) is 0 Å². The number of hydrogen-bond acceptors (Lipinski definition) is 2. The Morgan fingerprint density at radius 2 is 2.17 bits per heavy atom. The summed E-state index contributed by atoms with van der Waals surface area (Å²) in [5.74, 6) is 0.168. The molecule has 1 aromatic rings. The molecule has 100 valence electrons. The number of nitrogens with one attached hydrogen (secondary N) is 1. The molecular formula is C15H22FNO. The molecule has 0 aromatic heterocycles. The predicted molar refractivity (Wildman–Crippen MR) is 72.1 cm³/mol. The molecule has 1 aliphatic rings. The minimum atomic E-state index is -0.352. The van der Waals surface area contributed by atoms with Gasteiger partial charge in [-0.25, -0.2) is 4.39 Å². The van der Waals surface area contributed by atoms with Gasteiger partial charge in [-0.2, -0.15) is 0 Å². The minimum absolute atomic E-state index is 0.0693. The zero-order valence-corrected chi connectivity index (χ0v) is 11.0. The SMILES string of the molecule is CCC1CCCCC1(CO)Nc1ccccc1F. The molecule has 2 unspecified atom stereocenters. The monoisotopic (exact) mass is 251 g/mol. The van der Waals surface area contributed by atoms with Crippen LogP contribution in [0.15, 0.2) is 24.3 Å². The van der Waals surface area contributed by atoms with Crippen molar-refractivity contribution in [1.82, 2.24) is 0 Å². The summed E-state index contributed by atoms with van der Waals surface area (Å²) < 4.78 is 13.7. The van der Waals surface area contributed by atoms with Crippen molar-refractivity contribution in [3.05, 3.63) is 30.1 Å². The van der Waals surface area contributed by atoms with Gasteiger partial charge in [0, 0.05) is 0 Å². The summed E-state index contributed by atoms with van der Waals surface area (Å²) in [6, 6.07) is 6.70. The Balaban J connectivity index is 2.24. The fourth-order valence-corrected chi connectivity index (χ4v) is 3.15. The van der Waals surface area contributed by atoms with Crippen LogP contribution < -0.4 is 5.32 Å². The lowest BCUT2D eigenvalue weighted by Gasteiger charge is -2.44.